The second-order valence-corrected chi connectivity index (χ2v) is 10.8. The Bertz CT molecular complexity index is 1440. The molecule has 2 aromatic heterocycles. The molecule has 2 atom stereocenters. The molecular weight excluding hydrogens is 566 g/mol. The van der Waals surface area contributed by atoms with Crippen LogP contribution in [0.1, 0.15) is 42.7 Å². The molecule has 0 radical (unpaired) electrons. The summed E-state index contributed by atoms with van der Waals surface area (Å²) >= 11 is 0. The van der Waals surface area contributed by atoms with Crippen molar-refractivity contribution in [1.29, 1.82) is 0 Å². The molecule has 0 spiro atoms. The van der Waals surface area contributed by atoms with Crippen molar-refractivity contribution in [3.63, 3.8) is 0 Å². The lowest BCUT2D eigenvalue weighted by atomic mass is 9.81. The van der Waals surface area contributed by atoms with Crippen LogP contribution in [-0.2, 0) is 22.6 Å². The molecule has 1 aliphatic rings. The number of pyridine rings is 2. The number of amides is 1. The second-order valence-electron chi connectivity index (χ2n) is 10.8. The smallest absolute Gasteiger partial charge is 0.394 e. The van der Waals surface area contributed by atoms with Gasteiger partial charge >= 0.3 is 12.4 Å². The molecule has 0 saturated carbocycles. The van der Waals surface area contributed by atoms with Crippen LogP contribution in [0.15, 0.2) is 48.8 Å². The van der Waals surface area contributed by atoms with Gasteiger partial charge < -0.3 is 20.0 Å². The molecular formula is C29H30F6N4O3. The monoisotopic (exact) mass is 596 g/mol. The van der Waals surface area contributed by atoms with Crippen LogP contribution in [0.3, 0.4) is 0 Å². The number of hydrogen-bond donors (Lipinski definition) is 2. The van der Waals surface area contributed by atoms with Crippen LogP contribution < -0.4 is 9.80 Å². The third-order valence-electron chi connectivity index (χ3n) is 7.67. The third kappa shape index (κ3) is 5.93. The Morgan fingerprint density at radius 2 is 1.60 bits per heavy atom. The number of halogens is 6. The van der Waals surface area contributed by atoms with Gasteiger partial charge in [0.2, 0.25) is 5.91 Å². The summed E-state index contributed by atoms with van der Waals surface area (Å²) in [4.78, 5) is 25.5. The molecule has 13 heteroatoms. The Balaban J connectivity index is 1.82. The molecule has 1 aliphatic heterocycles. The highest BCUT2D eigenvalue weighted by molar-refractivity contribution is 6.03. The molecule has 7 nitrogen and oxygen atoms in total. The van der Waals surface area contributed by atoms with Gasteiger partial charge in [0, 0.05) is 36.6 Å². The fraction of sp³-hybridized carbons (Fsp3) is 0.414. The zero-order valence-electron chi connectivity index (χ0n) is 23.3. The van der Waals surface area contributed by atoms with Gasteiger partial charge in [-0.2, -0.15) is 26.3 Å². The highest BCUT2D eigenvalue weighted by Gasteiger charge is 2.41. The van der Waals surface area contributed by atoms with Crippen molar-refractivity contribution >= 4 is 17.4 Å². The minimum Gasteiger partial charge on any atom is -0.394 e. The maximum Gasteiger partial charge on any atom is 0.416 e. The molecule has 2 N–H and O–H groups in total. The van der Waals surface area contributed by atoms with E-state index >= 15 is 0 Å². The summed E-state index contributed by atoms with van der Waals surface area (Å²) in [6, 6.07) is 5.62. The van der Waals surface area contributed by atoms with E-state index in [0.717, 1.165) is 4.90 Å². The van der Waals surface area contributed by atoms with Gasteiger partial charge in [-0.1, -0.05) is 6.07 Å². The number of nitrogens with zero attached hydrogens (tertiary/aromatic N) is 4. The van der Waals surface area contributed by atoms with Crippen LogP contribution in [0.25, 0.3) is 11.1 Å². The third-order valence-corrected chi connectivity index (χ3v) is 7.67. The van der Waals surface area contributed by atoms with Crippen molar-refractivity contribution in [2.75, 3.05) is 30.0 Å². The van der Waals surface area contributed by atoms with Crippen LogP contribution in [0.5, 0.6) is 0 Å². The molecule has 3 aromatic rings. The second kappa shape index (κ2) is 11.2. The SMILES string of the molecule is Cc1ncccc1-c1cc(N2CC[C@H](O)[C@@H]2CO)ncc1N(C)C(=O)C(C)(C)c1cc(C(F)(F)F)cc(C(F)(F)F)c1. The Hall–Kier alpha value is -3.71. The Morgan fingerprint density at radius 1 is 1.00 bits per heavy atom. The summed E-state index contributed by atoms with van der Waals surface area (Å²) in [6.45, 7) is 4.34. The minimum atomic E-state index is -5.07. The first-order valence-electron chi connectivity index (χ1n) is 13.0. The fourth-order valence-corrected chi connectivity index (χ4v) is 5.16. The van der Waals surface area contributed by atoms with Crippen LogP contribution >= 0.6 is 0 Å². The average molecular weight is 597 g/mol. The first kappa shape index (κ1) is 31.2. The maximum absolute atomic E-state index is 13.9. The van der Waals surface area contributed by atoms with Gasteiger partial charge in [-0.3, -0.25) is 9.78 Å². The predicted molar refractivity (Wildman–Crippen MR) is 144 cm³/mol. The number of carbonyl (C=O) groups excluding carboxylic acids is 1. The molecule has 1 aromatic carbocycles. The molecule has 1 amide bonds. The summed E-state index contributed by atoms with van der Waals surface area (Å²) in [7, 11) is 1.37. The van der Waals surface area contributed by atoms with Crippen LogP contribution in [0.2, 0.25) is 0 Å². The number of hydrogen-bond acceptors (Lipinski definition) is 6. The number of anilines is 2. The van der Waals surface area contributed by atoms with Crippen molar-refractivity contribution in [1.82, 2.24) is 9.97 Å². The highest BCUT2D eigenvalue weighted by atomic mass is 19.4. The number of benzene rings is 1. The van der Waals surface area contributed by atoms with Gasteiger partial charge in [0.25, 0.3) is 0 Å². The number of aromatic nitrogens is 2. The van der Waals surface area contributed by atoms with Crippen molar-refractivity contribution in [2.24, 2.45) is 0 Å². The number of aliphatic hydroxyl groups is 2. The number of alkyl halides is 6. The van der Waals surface area contributed by atoms with E-state index < -0.39 is 52.5 Å². The summed E-state index contributed by atoms with van der Waals surface area (Å²) in [5.41, 5.74) is -3.42. The van der Waals surface area contributed by atoms with Crippen LogP contribution in [-0.4, -0.2) is 58.4 Å². The first-order valence-corrected chi connectivity index (χ1v) is 13.0. The average Bonchev–Trinajstić information content (AvgIpc) is 3.31. The maximum atomic E-state index is 13.9. The number of carbonyl (C=O) groups is 1. The largest absolute Gasteiger partial charge is 0.416 e. The molecule has 0 unspecified atom stereocenters. The topological polar surface area (TPSA) is 89.8 Å². The molecule has 0 bridgehead atoms. The van der Waals surface area contributed by atoms with Gasteiger partial charge in [0.1, 0.15) is 5.82 Å². The van der Waals surface area contributed by atoms with Crippen LogP contribution in [0.4, 0.5) is 37.8 Å². The van der Waals surface area contributed by atoms with E-state index in [0.29, 0.717) is 47.7 Å². The minimum absolute atomic E-state index is 0.0225. The first-order chi connectivity index (χ1) is 19.5. The number of likely N-dealkylation sites (N-methyl/N-ethyl adjacent to an activating group) is 1. The number of aliphatic hydroxyl groups excluding tert-OH is 2. The summed E-state index contributed by atoms with van der Waals surface area (Å²) in [5, 5.41) is 20.1. The fourth-order valence-electron chi connectivity index (χ4n) is 5.16. The van der Waals surface area contributed by atoms with E-state index in [1.165, 1.54) is 27.1 Å². The van der Waals surface area contributed by atoms with E-state index in [1.54, 1.807) is 36.2 Å². The van der Waals surface area contributed by atoms with Crippen molar-refractivity contribution in [2.45, 2.75) is 57.1 Å². The molecule has 1 saturated heterocycles. The number of rotatable bonds is 6. The van der Waals surface area contributed by atoms with Crippen molar-refractivity contribution < 1.29 is 41.4 Å². The van der Waals surface area contributed by atoms with E-state index in [9.17, 15) is 41.4 Å². The molecule has 4 rings (SSSR count). The van der Waals surface area contributed by atoms with Gasteiger partial charge in [-0.25, -0.2) is 4.98 Å². The Morgan fingerprint density at radius 3 is 2.14 bits per heavy atom. The van der Waals surface area contributed by atoms with E-state index in [-0.39, 0.29) is 18.4 Å². The molecule has 3 heterocycles. The standard InChI is InChI=1S/C29H30F6N4O3/c1-16-20(6-5-8-36-16)21-13-25(39-9-7-24(41)23(39)15-40)37-14-22(21)38(4)26(42)27(2,3)17-10-18(28(30,31)32)12-19(11-17)29(33,34)35/h5-6,8,10-14,23-24,40-41H,7,9,15H2,1-4H3/t23-,24-/m0/s1. The van der Waals surface area contributed by atoms with Gasteiger partial charge in [-0.15, -0.1) is 0 Å². The molecule has 0 aliphatic carbocycles. The normalized spacial score (nSPS) is 18.0. The lowest BCUT2D eigenvalue weighted by Crippen LogP contribution is -2.42. The lowest BCUT2D eigenvalue weighted by molar-refractivity contribution is -0.143. The molecule has 226 valence electrons. The summed E-state index contributed by atoms with van der Waals surface area (Å²) < 4.78 is 81.4. The van der Waals surface area contributed by atoms with Crippen molar-refractivity contribution in [3.8, 4) is 11.1 Å². The molecule has 1 fully saturated rings. The van der Waals surface area contributed by atoms with Crippen LogP contribution in [0, 0.1) is 6.92 Å². The van der Waals surface area contributed by atoms with Crippen molar-refractivity contribution in [3.05, 3.63) is 71.2 Å². The van der Waals surface area contributed by atoms with Gasteiger partial charge in [0.15, 0.2) is 0 Å². The van der Waals surface area contributed by atoms with Gasteiger partial charge in [0.05, 0.1) is 47.2 Å². The van der Waals surface area contributed by atoms with E-state index in [1.807, 2.05) is 0 Å². The summed E-state index contributed by atoms with van der Waals surface area (Å²) in [5.74, 6) is -0.377. The van der Waals surface area contributed by atoms with E-state index in [2.05, 4.69) is 9.97 Å². The Labute approximate surface area is 238 Å². The predicted octanol–water partition coefficient (Wildman–Crippen LogP) is 5.36. The Kier molecular flexibility index (Phi) is 8.31. The quantitative estimate of drug-likeness (QED) is 0.373. The van der Waals surface area contributed by atoms with Gasteiger partial charge in [-0.05, 0) is 63.1 Å². The molecule has 42 heavy (non-hydrogen) atoms. The summed E-state index contributed by atoms with van der Waals surface area (Å²) in [6.07, 6.45) is -7.57. The number of aryl methyl sites for hydroxylation is 1. The zero-order chi connectivity index (χ0) is 31.2. The lowest BCUT2D eigenvalue weighted by Gasteiger charge is -2.32. The highest BCUT2D eigenvalue weighted by Crippen LogP contribution is 2.41. The van der Waals surface area contributed by atoms with E-state index in [4.69, 9.17) is 0 Å². The zero-order valence-corrected chi connectivity index (χ0v) is 23.3.